The molecule has 0 saturated carbocycles. The van der Waals surface area contributed by atoms with Crippen LogP contribution in [0, 0.1) is 6.92 Å². The zero-order chi connectivity index (χ0) is 23.8. The number of benzene rings is 2. The van der Waals surface area contributed by atoms with Gasteiger partial charge in [0.2, 0.25) is 0 Å². The molecule has 1 unspecified atom stereocenters. The van der Waals surface area contributed by atoms with Gasteiger partial charge in [-0.2, -0.15) is 0 Å². The Balaban J connectivity index is 1.55. The first kappa shape index (κ1) is 22.9. The number of hydrogen-bond acceptors (Lipinski definition) is 5. The number of piperazine rings is 1. The van der Waals surface area contributed by atoms with Gasteiger partial charge in [0.15, 0.2) is 0 Å². The Morgan fingerprint density at radius 2 is 2.09 bits per heavy atom. The zero-order valence-electron chi connectivity index (χ0n) is 19.7. The topological polar surface area (TPSA) is 63.8 Å². The summed E-state index contributed by atoms with van der Waals surface area (Å²) >= 11 is 0. The van der Waals surface area contributed by atoms with Crippen molar-refractivity contribution in [2.45, 2.75) is 38.8 Å². The van der Waals surface area contributed by atoms with E-state index >= 15 is 0 Å². The lowest BCUT2D eigenvalue weighted by Gasteiger charge is -2.43. The van der Waals surface area contributed by atoms with E-state index in [0.717, 1.165) is 64.0 Å². The van der Waals surface area contributed by atoms with Crippen molar-refractivity contribution in [1.82, 2.24) is 14.8 Å². The molecule has 0 aliphatic carbocycles. The van der Waals surface area contributed by atoms with Crippen LogP contribution in [0.25, 0.3) is 10.9 Å². The van der Waals surface area contributed by atoms with Gasteiger partial charge in [-0.3, -0.25) is 9.80 Å². The van der Waals surface area contributed by atoms with Gasteiger partial charge in [-0.1, -0.05) is 6.07 Å². The van der Waals surface area contributed by atoms with Crippen LogP contribution in [0.15, 0.2) is 30.5 Å². The largest absolute Gasteiger partial charge is 0.506 e. The summed E-state index contributed by atoms with van der Waals surface area (Å²) in [6, 6.07) is 7.77. The van der Waals surface area contributed by atoms with Gasteiger partial charge in [-0.25, -0.2) is 8.78 Å². The Hall–Kier alpha value is -2.84. The number of rotatable bonds is 6. The van der Waals surface area contributed by atoms with Crippen LogP contribution in [0.4, 0.5) is 14.5 Å². The van der Waals surface area contributed by atoms with E-state index in [9.17, 15) is 13.9 Å². The quantitative estimate of drug-likeness (QED) is 0.457. The van der Waals surface area contributed by atoms with Gasteiger partial charge >= 0.3 is 0 Å². The molecule has 2 aromatic carbocycles. The number of aryl methyl sites for hydroxylation is 1. The van der Waals surface area contributed by atoms with E-state index in [1.165, 1.54) is 0 Å². The Morgan fingerprint density at radius 1 is 1.24 bits per heavy atom. The van der Waals surface area contributed by atoms with Crippen LogP contribution in [0.3, 0.4) is 0 Å². The highest BCUT2D eigenvalue weighted by molar-refractivity contribution is 5.88. The number of nitrogens with one attached hydrogen (secondary N) is 2. The molecule has 3 N–H and O–H groups in total. The van der Waals surface area contributed by atoms with Gasteiger partial charge < -0.3 is 20.1 Å². The average Bonchev–Trinajstić information content (AvgIpc) is 3.32. The van der Waals surface area contributed by atoms with Crippen LogP contribution in [-0.2, 0) is 13.0 Å². The first-order chi connectivity index (χ1) is 16.5. The predicted octanol–water partition coefficient (Wildman–Crippen LogP) is 4.67. The number of anilines is 1. The van der Waals surface area contributed by atoms with Crippen molar-refractivity contribution < 1.29 is 18.6 Å². The van der Waals surface area contributed by atoms with E-state index < -0.39 is 6.43 Å². The number of aromatic hydroxyl groups is 1. The van der Waals surface area contributed by atoms with E-state index in [0.29, 0.717) is 26.2 Å². The van der Waals surface area contributed by atoms with Gasteiger partial charge in [0.25, 0.3) is 6.43 Å². The number of H-pyrrole nitrogens is 1. The van der Waals surface area contributed by atoms with Crippen molar-refractivity contribution in [3.05, 3.63) is 52.7 Å². The highest BCUT2D eigenvalue weighted by Gasteiger charge is 2.33. The van der Waals surface area contributed by atoms with E-state index in [4.69, 9.17) is 4.74 Å². The normalized spacial score (nSPS) is 19.4. The second kappa shape index (κ2) is 9.43. The van der Waals surface area contributed by atoms with Crippen LogP contribution >= 0.6 is 0 Å². The minimum atomic E-state index is -2.36. The molecule has 2 aliphatic heterocycles. The fraction of sp³-hybridized carbons (Fsp3) is 0.462. The van der Waals surface area contributed by atoms with Crippen molar-refractivity contribution in [3.63, 3.8) is 0 Å². The van der Waals surface area contributed by atoms with Crippen LogP contribution in [0.2, 0.25) is 0 Å². The molecule has 0 spiro atoms. The first-order valence-corrected chi connectivity index (χ1v) is 11.9. The van der Waals surface area contributed by atoms with Gasteiger partial charge in [-0.05, 0) is 54.7 Å². The third kappa shape index (κ3) is 4.20. The lowest BCUT2D eigenvalue weighted by Crippen LogP contribution is -2.49. The third-order valence-electron chi connectivity index (χ3n) is 7.26. The van der Waals surface area contributed by atoms with E-state index in [1.54, 1.807) is 13.2 Å². The van der Waals surface area contributed by atoms with Crippen molar-refractivity contribution in [2.24, 2.45) is 0 Å². The molecule has 6 nitrogen and oxygen atoms in total. The monoisotopic (exact) mass is 470 g/mol. The lowest BCUT2D eigenvalue weighted by molar-refractivity contribution is 0.0243. The molecular formula is C26H32F2N4O2. The second-order valence-electron chi connectivity index (χ2n) is 9.34. The summed E-state index contributed by atoms with van der Waals surface area (Å²) in [4.78, 5) is 7.57. The molecule has 1 aromatic heterocycles. The number of phenols is 1. The first-order valence-electron chi connectivity index (χ1n) is 11.9. The summed E-state index contributed by atoms with van der Waals surface area (Å²) < 4.78 is 32.3. The standard InChI is InChI=1S/C26H32F2N4O2/c1-16-12-23(34-2)20(19-7-9-30-25(16)19)13-32-11-10-31(15-24(27)28)14-21(32)17-5-6-22(33)26-18(17)4-3-8-29-26/h5-7,9,12,21,24,29-30,33H,3-4,8,10-11,13-15H2,1-2H3. The summed E-state index contributed by atoms with van der Waals surface area (Å²) in [5.74, 6) is 1.09. The molecule has 1 atom stereocenters. The summed E-state index contributed by atoms with van der Waals surface area (Å²) in [7, 11) is 1.69. The highest BCUT2D eigenvalue weighted by Crippen LogP contribution is 2.40. The number of hydrogen-bond donors (Lipinski definition) is 3. The minimum absolute atomic E-state index is 0.0678. The Labute approximate surface area is 198 Å². The summed E-state index contributed by atoms with van der Waals surface area (Å²) in [5, 5.41) is 14.9. The number of fused-ring (bicyclic) bond motifs is 2. The fourth-order valence-electron chi connectivity index (χ4n) is 5.62. The number of ether oxygens (including phenoxy) is 1. The number of halogens is 2. The predicted molar refractivity (Wildman–Crippen MR) is 130 cm³/mol. The number of phenolic OH excluding ortho intramolecular Hbond substituents is 1. The smallest absolute Gasteiger partial charge is 0.251 e. The second-order valence-corrected chi connectivity index (χ2v) is 9.34. The number of aromatic amines is 1. The van der Waals surface area contributed by atoms with Crippen LogP contribution in [0.1, 0.15) is 34.7 Å². The van der Waals surface area contributed by atoms with Crippen LogP contribution < -0.4 is 10.1 Å². The fourth-order valence-corrected chi connectivity index (χ4v) is 5.62. The maximum atomic E-state index is 13.3. The summed E-state index contributed by atoms with van der Waals surface area (Å²) in [6.45, 7) is 5.08. The van der Waals surface area contributed by atoms with Gasteiger partial charge in [0.05, 0.1) is 19.3 Å². The SMILES string of the molecule is COc1cc(C)c2[nH]ccc2c1CN1CCN(CC(F)F)CC1c1ccc(O)c2c1CCCN2. The van der Waals surface area contributed by atoms with Gasteiger partial charge in [0, 0.05) is 61.4 Å². The molecule has 1 saturated heterocycles. The molecular weight excluding hydrogens is 438 g/mol. The number of nitrogens with zero attached hydrogens (tertiary/aromatic N) is 2. The lowest BCUT2D eigenvalue weighted by atomic mass is 9.90. The Kier molecular flexibility index (Phi) is 6.36. The number of alkyl halides is 2. The third-order valence-corrected chi connectivity index (χ3v) is 7.26. The zero-order valence-corrected chi connectivity index (χ0v) is 19.7. The van der Waals surface area contributed by atoms with Crippen molar-refractivity contribution in [3.8, 4) is 11.5 Å². The Morgan fingerprint density at radius 3 is 2.88 bits per heavy atom. The van der Waals surface area contributed by atoms with E-state index in [-0.39, 0.29) is 18.3 Å². The maximum Gasteiger partial charge on any atom is 0.251 e. The minimum Gasteiger partial charge on any atom is -0.506 e. The molecule has 8 heteroatoms. The number of aromatic nitrogens is 1. The molecule has 34 heavy (non-hydrogen) atoms. The molecule has 3 heterocycles. The Bertz CT molecular complexity index is 1180. The molecule has 2 aliphatic rings. The summed E-state index contributed by atoms with van der Waals surface area (Å²) in [6.07, 6.45) is 1.42. The van der Waals surface area contributed by atoms with Crippen LogP contribution in [0.5, 0.6) is 11.5 Å². The van der Waals surface area contributed by atoms with E-state index in [1.807, 2.05) is 17.2 Å². The average molecular weight is 471 g/mol. The van der Waals surface area contributed by atoms with E-state index in [2.05, 4.69) is 34.3 Å². The molecule has 0 amide bonds. The molecule has 5 rings (SSSR count). The maximum absolute atomic E-state index is 13.3. The van der Waals surface area contributed by atoms with Gasteiger partial charge in [-0.15, -0.1) is 0 Å². The summed E-state index contributed by atoms with van der Waals surface area (Å²) in [5.41, 5.74) is 6.31. The van der Waals surface area contributed by atoms with Crippen molar-refractivity contribution in [1.29, 1.82) is 0 Å². The molecule has 3 aromatic rings. The molecule has 0 radical (unpaired) electrons. The van der Waals surface area contributed by atoms with Crippen molar-refractivity contribution in [2.75, 3.05) is 45.2 Å². The molecule has 0 bridgehead atoms. The highest BCUT2D eigenvalue weighted by atomic mass is 19.3. The van der Waals surface area contributed by atoms with Crippen LogP contribution in [-0.4, -0.2) is 66.1 Å². The van der Waals surface area contributed by atoms with Gasteiger partial charge in [0.1, 0.15) is 11.5 Å². The number of methoxy groups -OCH3 is 1. The van der Waals surface area contributed by atoms with Crippen molar-refractivity contribution >= 4 is 16.6 Å². The molecule has 1 fully saturated rings. The molecule has 182 valence electrons.